The molecule has 0 radical (unpaired) electrons. The fourth-order valence-corrected chi connectivity index (χ4v) is 2.16. The van der Waals surface area contributed by atoms with Gasteiger partial charge in [0.15, 0.2) is 0 Å². The van der Waals surface area contributed by atoms with Crippen LogP contribution in [0.15, 0.2) is 36.4 Å². The zero-order valence-electron chi connectivity index (χ0n) is 10.1. The number of carbonyl (C=O) groups is 1. The van der Waals surface area contributed by atoms with Crippen molar-refractivity contribution in [1.82, 2.24) is 0 Å². The molecule has 2 aromatic carbocycles. The Morgan fingerprint density at radius 2 is 1.79 bits per heavy atom. The van der Waals surface area contributed by atoms with Crippen molar-refractivity contribution in [3.63, 3.8) is 0 Å². The molecule has 1 amide bonds. The van der Waals surface area contributed by atoms with Crippen molar-refractivity contribution in [3.8, 4) is 11.5 Å². The van der Waals surface area contributed by atoms with Gasteiger partial charge in [0, 0.05) is 20.9 Å². The van der Waals surface area contributed by atoms with Crippen LogP contribution in [0.4, 0.5) is 5.69 Å². The summed E-state index contributed by atoms with van der Waals surface area (Å²) in [5.74, 6) is -0.676. The van der Waals surface area contributed by atoms with Crippen molar-refractivity contribution in [2.75, 3.05) is 5.32 Å². The van der Waals surface area contributed by atoms with E-state index in [1.54, 1.807) is 6.07 Å². The first-order valence-electron chi connectivity index (χ1n) is 5.57. The third kappa shape index (κ3) is 3.17. The van der Waals surface area contributed by atoms with Crippen molar-refractivity contribution >= 4 is 34.2 Å². The Bertz CT molecular complexity index is 620. The van der Waals surface area contributed by atoms with Gasteiger partial charge in [0.25, 0.3) is 5.91 Å². The molecular formula is C14H12INO3. The number of phenols is 2. The lowest BCUT2D eigenvalue weighted by Gasteiger charge is -2.10. The highest BCUT2D eigenvalue weighted by molar-refractivity contribution is 14.1. The van der Waals surface area contributed by atoms with Gasteiger partial charge in [-0.2, -0.15) is 0 Å². The summed E-state index contributed by atoms with van der Waals surface area (Å²) in [6.07, 6.45) is 0. The predicted molar refractivity (Wildman–Crippen MR) is 81.6 cm³/mol. The van der Waals surface area contributed by atoms with Gasteiger partial charge in [-0.25, -0.2) is 0 Å². The first-order chi connectivity index (χ1) is 8.97. The van der Waals surface area contributed by atoms with E-state index in [-0.39, 0.29) is 23.0 Å². The molecule has 0 unspecified atom stereocenters. The maximum absolute atomic E-state index is 12.0. The number of hydrogen-bond acceptors (Lipinski definition) is 3. The SMILES string of the molecule is Cc1c(I)cccc1NC(=O)c1cc(O)cc(O)c1. The van der Waals surface area contributed by atoms with Crippen molar-refractivity contribution in [1.29, 1.82) is 0 Å². The van der Waals surface area contributed by atoms with Crippen LogP contribution >= 0.6 is 22.6 Å². The van der Waals surface area contributed by atoms with Crippen LogP contribution in [0.3, 0.4) is 0 Å². The first-order valence-corrected chi connectivity index (χ1v) is 6.65. The van der Waals surface area contributed by atoms with Crippen molar-refractivity contribution < 1.29 is 15.0 Å². The molecule has 0 aliphatic carbocycles. The molecule has 19 heavy (non-hydrogen) atoms. The summed E-state index contributed by atoms with van der Waals surface area (Å²) in [6.45, 7) is 1.91. The maximum atomic E-state index is 12.0. The van der Waals surface area contributed by atoms with E-state index in [2.05, 4.69) is 27.9 Å². The second kappa shape index (κ2) is 5.48. The number of aromatic hydroxyl groups is 2. The number of benzene rings is 2. The zero-order valence-corrected chi connectivity index (χ0v) is 12.3. The highest BCUT2D eigenvalue weighted by Gasteiger charge is 2.10. The van der Waals surface area contributed by atoms with E-state index in [9.17, 15) is 15.0 Å². The first kappa shape index (κ1) is 13.7. The quantitative estimate of drug-likeness (QED) is 0.712. The largest absolute Gasteiger partial charge is 0.508 e. The van der Waals surface area contributed by atoms with Gasteiger partial charge >= 0.3 is 0 Å². The predicted octanol–water partition coefficient (Wildman–Crippen LogP) is 3.26. The molecule has 5 heteroatoms. The molecule has 0 saturated heterocycles. The van der Waals surface area contributed by atoms with Crippen molar-refractivity contribution in [2.24, 2.45) is 0 Å². The Labute approximate surface area is 124 Å². The Kier molecular flexibility index (Phi) is 3.94. The van der Waals surface area contributed by atoms with Gasteiger partial charge in [0.1, 0.15) is 11.5 Å². The summed E-state index contributed by atoms with van der Waals surface area (Å²) in [7, 11) is 0. The van der Waals surface area contributed by atoms with Crippen LogP contribution in [0.2, 0.25) is 0 Å². The fraction of sp³-hybridized carbons (Fsp3) is 0.0714. The number of carbonyl (C=O) groups excluding carboxylic acids is 1. The third-order valence-corrected chi connectivity index (χ3v) is 3.85. The molecule has 3 N–H and O–H groups in total. The fourth-order valence-electron chi connectivity index (χ4n) is 1.66. The van der Waals surface area contributed by atoms with Crippen molar-refractivity contribution in [3.05, 3.63) is 51.1 Å². The molecule has 98 valence electrons. The second-order valence-corrected chi connectivity index (χ2v) is 5.27. The smallest absolute Gasteiger partial charge is 0.255 e. The average molecular weight is 369 g/mol. The second-order valence-electron chi connectivity index (χ2n) is 4.10. The minimum absolute atomic E-state index is 0.149. The van der Waals surface area contributed by atoms with Gasteiger partial charge in [0.05, 0.1) is 0 Å². The topological polar surface area (TPSA) is 69.6 Å². The van der Waals surface area contributed by atoms with E-state index >= 15 is 0 Å². The van der Waals surface area contributed by atoms with Crippen LogP contribution in [-0.4, -0.2) is 16.1 Å². The molecule has 0 aliphatic heterocycles. The number of halogens is 1. The molecule has 0 saturated carbocycles. The Morgan fingerprint density at radius 3 is 2.42 bits per heavy atom. The Morgan fingerprint density at radius 1 is 1.16 bits per heavy atom. The summed E-state index contributed by atoms with van der Waals surface area (Å²) in [5.41, 5.74) is 1.89. The van der Waals surface area contributed by atoms with E-state index in [4.69, 9.17) is 0 Å². The Hall–Kier alpha value is -1.76. The normalized spacial score (nSPS) is 10.2. The summed E-state index contributed by atoms with van der Waals surface area (Å²) < 4.78 is 1.05. The summed E-state index contributed by atoms with van der Waals surface area (Å²) in [6, 6.07) is 9.39. The van der Waals surface area contributed by atoms with Gasteiger partial charge in [-0.15, -0.1) is 0 Å². The van der Waals surface area contributed by atoms with Gasteiger partial charge in [-0.3, -0.25) is 4.79 Å². The molecule has 0 aliphatic rings. The molecular weight excluding hydrogens is 357 g/mol. The minimum Gasteiger partial charge on any atom is -0.508 e. The highest BCUT2D eigenvalue weighted by Crippen LogP contribution is 2.23. The number of nitrogens with one attached hydrogen (secondary N) is 1. The molecule has 4 nitrogen and oxygen atoms in total. The summed E-state index contributed by atoms with van der Waals surface area (Å²) in [4.78, 5) is 12.0. The van der Waals surface area contributed by atoms with E-state index in [0.29, 0.717) is 5.69 Å². The number of anilines is 1. The number of rotatable bonds is 2. The number of hydrogen-bond donors (Lipinski definition) is 3. The lowest BCUT2D eigenvalue weighted by atomic mass is 10.1. The molecule has 2 rings (SSSR count). The average Bonchev–Trinajstić information content (AvgIpc) is 2.33. The van der Waals surface area contributed by atoms with Crippen molar-refractivity contribution in [2.45, 2.75) is 6.92 Å². The Balaban J connectivity index is 2.28. The molecule has 0 fully saturated rings. The monoisotopic (exact) mass is 369 g/mol. The van der Waals surface area contributed by atoms with Gasteiger partial charge < -0.3 is 15.5 Å². The van der Waals surface area contributed by atoms with Gasteiger partial charge in [0.2, 0.25) is 0 Å². The molecule has 2 aromatic rings. The van der Waals surface area contributed by atoms with Crippen LogP contribution in [0.25, 0.3) is 0 Å². The van der Waals surface area contributed by atoms with Crippen LogP contribution in [0.5, 0.6) is 11.5 Å². The van der Waals surface area contributed by atoms with Crippen LogP contribution < -0.4 is 5.32 Å². The van der Waals surface area contributed by atoms with Crippen LogP contribution in [0, 0.1) is 10.5 Å². The van der Waals surface area contributed by atoms with E-state index in [1.807, 2.05) is 19.1 Å². The third-order valence-electron chi connectivity index (χ3n) is 2.68. The van der Waals surface area contributed by atoms with Crippen LogP contribution in [-0.2, 0) is 0 Å². The standard InChI is InChI=1S/C14H12INO3/c1-8-12(15)3-2-4-13(8)16-14(19)9-5-10(17)7-11(18)6-9/h2-7,17-18H,1H3,(H,16,19). The number of amides is 1. The lowest BCUT2D eigenvalue weighted by Crippen LogP contribution is -2.12. The van der Waals surface area contributed by atoms with E-state index in [0.717, 1.165) is 9.13 Å². The molecule has 0 atom stereocenters. The zero-order chi connectivity index (χ0) is 14.0. The minimum atomic E-state index is -0.378. The van der Waals surface area contributed by atoms with Gasteiger partial charge in [-0.1, -0.05) is 6.07 Å². The lowest BCUT2D eigenvalue weighted by molar-refractivity contribution is 0.102. The molecule has 0 bridgehead atoms. The molecule has 0 spiro atoms. The maximum Gasteiger partial charge on any atom is 0.255 e. The summed E-state index contributed by atoms with van der Waals surface area (Å²) >= 11 is 2.19. The van der Waals surface area contributed by atoms with Crippen LogP contribution in [0.1, 0.15) is 15.9 Å². The highest BCUT2D eigenvalue weighted by atomic mass is 127. The van der Waals surface area contributed by atoms with Gasteiger partial charge in [-0.05, 0) is 59.3 Å². The molecule has 0 aromatic heterocycles. The summed E-state index contributed by atoms with van der Waals surface area (Å²) in [5, 5.41) is 21.5. The van der Waals surface area contributed by atoms with E-state index in [1.165, 1.54) is 18.2 Å². The van der Waals surface area contributed by atoms with E-state index < -0.39 is 0 Å². The molecule has 0 heterocycles. The number of phenolic OH excluding ortho intramolecular Hbond substituents is 2.